The number of likely N-dealkylation sites (N-methyl/N-ethyl adjacent to an activating group) is 1. The molecule has 0 aromatic rings. The number of carboxylic acids is 1. The molecule has 14 nitrogen and oxygen atoms in total. The number of hydrogen-bond donors (Lipinski definition) is 8. The summed E-state index contributed by atoms with van der Waals surface area (Å²) in [5.41, 5.74) is 6.21. The summed E-state index contributed by atoms with van der Waals surface area (Å²) in [6, 6.07) is -0.105. The summed E-state index contributed by atoms with van der Waals surface area (Å²) in [7, 11) is 1.60. The van der Waals surface area contributed by atoms with E-state index in [1.807, 2.05) is 6.92 Å². The van der Waals surface area contributed by atoms with Crippen molar-refractivity contribution in [2.45, 2.75) is 164 Å². The second kappa shape index (κ2) is 21.8. The number of hydrogen-bond acceptors (Lipinski definition) is 12. The van der Waals surface area contributed by atoms with Crippen LogP contribution in [0.1, 0.15) is 97.3 Å². The molecular weight excluding hydrogens is 660 g/mol. The van der Waals surface area contributed by atoms with Gasteiger partial charge in [0.15, 0.2) is 0 Å². The van der Waals surface area contributed by atoms with E-state index in [0.29, 0.717) is 57.1 Å². The minimum absolute atomic E-state index is 0.0187. The van der Waals surface area contributed by atoms with Gasteiger partial charge in [-0.3, -0.25) is 11.1 Å². The molecule has 2 aliphatic carbocycles. The molecule has 2 saturated heterocycles. The second-order valence-corrected chi connectivity index (χ2v) is 16.2. The molecule has 0 aromatic carbocycles. The summed E-state index contributed by atoms with van der Waals surface area (Å²) in [6.07, 6.45) is 5.21. The number of carbonyl (C=O) groups is 1. The molecule has 15 atom stereocenters. The van der Waals surface area contributed by atoms with Crippen molar-refractivity contribution in [1.82, 2.24) is 5.32 Å². The fourth-order valence-electron chi connectivity index (χ4n) is 9.27. The highest BCUT2D eigenvalue weighted by atomic mass is 16.5. The minimum Gasteiger partial charge on any atom is -0.550 e. The number of nitrogens with one attached hydrogen (secondary N) is 1. The Kier molecular flexibility index (Phi) is 18.2. The fraction of sp³-hybridized carbons (Fsp3) is 0.973. The highest BCUT2D eigenvalue weighted by Gasteiger charge is 2.44. The van der Waals surface area contributed by atoms with E-state index in [0.717, 1.165) is 58.0 Å². The van der Waals surface area contributed by atoms with E-state index >= 15 is 0 Å². The number of ether oxygens (including phenoxy) is 4. The Labute approximate surface area is 304 Å². The highest BCUT2D eigenvalue weighted by molar-refractivity contribution is 5.64. The number of nitrogens with two attached hydrogens (primary N) is 3. The molecule has 4 aliphatic rings. The molecule has 11 N–H and O–H groups in total. The lowest BCUT2D eigenvalue weighted by Crippen LogP contribution is -2.94. The van der Waals surface area contributed by atoms with Crippen LogP contribution in [0.3, 0.4) is 0 Å². The van der Waals surface area contributed by atoms with Gasteiger partial charge < -0.3 is 59.9 Å². The van der Waals surface area contributed by atoms with E-state index in [4.69, 9.17) is 24.7 Å². The molecule has 0 spiro atoms. The lowest BCUT2D eigenvalue weighted by Gasteiger charge is -2.44. The number of aliphatic hydroxyl groups is 4. The van der Waals surface area contributed by atoms with Crippen LogP contribution in [0.2, 0.25) is 0 Å². The van der Waals surface area contributed by atoms with Crippen LogP contribution in [0.5, 0.6) is 0 Å². The van der Waals surface area contributed by atoms with Crippen LogP contribution in [-0.2, 0) is 23.7 Å². The summed E-state index contributed by atoms with van der Waals surface area (Å²) in [5, 5.41) is 61.5. The summed E-state index contributed by atoms with van der Waals surface area (Å²) in [5.74, 6) is -0.436. The number of methoxy groups -OCH3 is 1. The van der Waals surface area contributed by atoms with E-state index in [1.165, 1.54) is 0 Å². The van der Waals surface area contributed by atoms with Crippen LogP contribution in [-0.4, -0.2) is 134 Å². The third-order valence-electron chi connectivity index (χ3n) is 12.0. The highest BCUT2D eigenvalue weighted by Crippen LogP contribution is 2.39. The zero-order valence-corrected chi connectivity index (χ0v) is 31.4. The predicted octanol–water partition coefficient (Wildman–Crippen LogP) is -2.32. The number of rotatable bonds is 20. The third kappa shape index (κ3) is 14.0. The molecule has 2 saturated carbocycles. The first-order chi connectivity index (χ1) is 24.4. The first-order valence-corrected chi connectivity index (χ1v) is 19.9. The van der Waals surface area contributed by atoms with Crippen LogP contribution in [0.15, 0.2) is 0 Å². The summed E-state index contributed by atoms with van der Waals surface area (Å²) in [6.45, 7) is 6.50. The van der Waals surface area contributed by atoms with Crippen molar-refractivity contribution in [2.75, 3.05) is 40.1 Å². The minimum atomic E-state index is -1.06. The van der Waals surface area contributed by atoms with Crippen LogP contribution in [0, 0.1) is 23.7 Å². The van der Waals surface area contributed by atoms with Gasteiger partial charge in [-0.15, -0.1) is 0 Å². The van der Waals surface area contributed by atoms with E-state index in [-0.39, 0.29) is 55.5 Å². The number of quaternary nitrogens is 2. The smallest absolute Gasteiger partial charge is 0.137 e. The van der Waals surface area contributed by atoms with Gasteiger partial charge in [-0.05, 0) is 109 Å². The standard InChI is InChI=1S/C37H70N4O10/c1-4-40-29(25(16-36(45)46)11-24-9-10-41-35(38)13-24)20-49-34-15-26(14-33(48-3)37(34)47)31-18-27(43)17-28(51-31)7-5-23-6-8-30(44)32(12-23)50-21-39-19-22(2)42/h22-35,37,39-44,47H,4-21,38H2,1-3H3,(H,45,46)/p+1/t22-,23?,24?,25-,26?,27-,28-,29+,30?,31+,32?,33?,34?,35?,37?/m0/s1. The Balaban J connectivity index is 1.32. The molecule has 0 aromatic heterocycles. The first kappa shape index (κ1) is 42.7. The zero-order valence-electron chi connectivity index (χ0n) is 31.4. The molecule has 2 heterocycles. The van der Waals surface area contributed by atoms with E-state index in [1.54, 1.807) is 14.0 Å². The molecule has 2 aliphatic heterocycles. The monoisotopic (exact) mass is 732 g/mol. The number of aliphatic carboxylic acids is 1. The van der Waals surface area contributed by atoms with Gasteiger partial charge in [0.2, 0.25) is 0 Å². The maximum Gasteiger partial charge on any atom is 0.137 e. The molecule has 9 unspecified atom stereocenters. The van der Waals surface area contributed by atoms with Crippen LogP contribution in [0.25, 0.3) is 0 Å². The van der Waals surface area contributed by atoms with Gasteiger partial charge in [-0.1, -0.05) is 0 Å². The van der Waals surface area contributed by atoms with Gasteiger partial charge >= 0.3 is 0 Å². The Hall–Kier alpha value is -1.01. The lowest BCUT2D eigenvalue weighted by molar-refractivity contribution is -0.701. The van der Waals surface area contributed by atoms with E-state index in [9.17, 15) is 30.3 Å². The third-order valence-corrected chi connectivity index (χ3v) is 12.0. The van der Waals surface area contributed by atoms with Crippen molar-refractivity contribution in [3.63, 3.8) is 0 Å². The molecule has 51 heavy (non-hydrogen) atoms. The molecule has 14 heteroatoms. The topological polar surface area (TPSA) is 229 Å². The number of aliphatic hydroxyl groups excluding tert-OH is 4. The van der Waals surface area contributed by atoms with Crippen molar-refractivity contribution < 1.29 is 59.9 Å². The summed E-state index contributed by atoms with van der Waals surface area (Å²) < 4.78 is 24.9. The fourth-order valence-corrected chi connectivity index (χ4v) is 9.27. The van der Waals surface area contributed by atoms with Gasteiger partial charge in [-0.2, -0.15) is 0 Å². The second-order valence-electron chi connectivity index (χ2n) is 16.2. The summed E-state index contributed by atoms with van der Waals surface area (Å²) >= 11 is 0. The Bertz CT molecular complexity index is 999. The van der Waals surface area contributed by atoms with Gasteiger partial charge in [0.1, 0.15) is 18.3 Å². The van der Waals surface area contributed by atoms with Crippen molar-refractivity contribution in [3.8, 4) is 0 Å². The van der Waals surface area contributed by atoms with Crippen LogP contribution in [0.4, 0.5) is 0 Å². The SMILES string of the molecule is CC[NH2+][C@H](COC1CC([C@H]2C[C@@H](O)C[C@H](CCC3CCC(O)C(OCNC[C@H](C)O)C3)O2)CC(OC)C1O)[C@H](CC(=O)[O-])CC1CC[NH2+]C(N)C1. The molecule has 298 valence electrons. The van der Waals surface area contributed by atoms with Crippen molar-refractivity contribution in [3.05, 3.63) is 0 Å². The first-order valence-electron chi connectivity index (χ1n) is 19.9. The van der Waals surface area contributed by atoms with Crippen molar-refractivity contribution >= 4 is 5.97 Å². The van der Waals surface area contributed by atoms with Crippen LogP contribution >= 0.6 is 0 Å². The Morgan fingerprint density at radius 2 is 1.80 bits per heavy atom. The number of carbonyl (C=O) groups excluding carboxylic acids is 1. The largest absolute Gasteiger partial charge is 0.550 e. The molecule has 4 fully saturated rings. The van der Waals surface area contributed by atoms with Gasteiger partial charge in [0, 0.05) is 32.0 Å². The normalized spacial score (nSPS) is 38.2. The van der Waals surface area contributed by atoms with E-state index < -0.39 is 42.6 Å². The quantitative estimate of drug-likeness (QED) is 0.0488. The average Bonchev–Trinajstić information content (AvgIpc) is 3.08. The Morgan fingerprint density at radius 1 is 1.02 bits per heavy atom. The summed E-state index contributed by atoms with van der Waals surface area (Å²) in [4.78, 5) is 11.9. The van der Waals surface area contributed by atoms with E-state index in [2.05, 4.69) is 16.0 Å². The number of carboxylic acid groups (broad SMARTS) is 1. The Morgan fingerprint density at radius 3 is 2.51 bits per heavy atom. The maximum absolute atomic E-state index is 11.9. The number of piperidine rings is 1. The van der Waals surface area contributed by atoms with Gasteiger partial charge in [0.05, 0.1) is 75.3 Å². The van der Waals surface area contributed by atoms with Gasteiger partial charge in [-0.25, -0.2) is 0 Å². The molecule has 0 radical (unpaired) electrons. The molecule has 4 rings (SSSR count). The lowest BCUT2D eigenvalue weighted by atomic mass is 9.77. The average molecular weight is 732 g/mol. The maximum atomic E-state index is 11.9. The molecular formula is C37H71N4O10+. The van der Waals surface area contributed by atoms with Crippen molar-refractivity contribution in [2.24, 2.45) is 29.4 Å². The molecule has 0 bridgehead atoms. The van der Waals surface area contributed by atoms with Crippen molar-refractivity contribution in [1.29, 1.82) is 0 Å². The van der Waals surface area contributed by atoms with Gasteiger partial charge in [0.25, 0.3) is 0 Å². The predicted molar refractivity (Wildman–Crippen MR) is 187 cm³/mol. The van der Waals surface area contributed by atoms with Crippen LogP contribution < -0.4 is 26.8 Å². The zero-order chi connectivity index (χ0) is 36.9. The molecule has 0 amide bonds.